The van der Waals surface area contributed by atoms with Gasteiger partial charge in [0.25, 0.3) is 0 Å². The summed E-state index contributed by atoms with van der Waals surface area (Å²) in [5, 5.41) is 2.48. The van der Waals surface area contributed by atoms with Crippen LogP contribution in [0.4, 0.5) is 0 Å². The minimum absolute atomic E-state index is 0. The van der Waals surface area contributed by atoms with E-state index in [9.17, 15) is 0 Å². The van der Waals surface area contributed by atoms with E-state index < -0.39 is 5.66 Å². The van der Waals surface area contributed by atoms with Crippen molar-refractivity contribution in [3.63, 3.8) is 0 Å². The fourth-order valence-corrected chi connectivity index (χ4v) is 2.42. The highest BCUT2D eigenvalue weighted by Gasteiger charge is 2.33. The first-order valence-electron chi connectivity index (χ1n) is 5.85. The van der Waals surface area contributed by atoms with Crippen molar-refractivity contribution in [1.82, 2.24) is 5.06 Å². The summed E-state index contributed by atoms with van der Waals surface area (Å²) in [7, 11) is 0. The van der Waals surface area contributed by atoms with E-state index in [0.717, 1.165) is 5.56 Å². The molecule has 2 rings (SSSR count). The Morgan fingerprint density at radius 1 is 1.19 bits per heavy atom. The van der Waals surface area contributed by atoms with Crippen LogP contribution in [0.25, 0.3) is 0 Å². The minimum atomic E-state index is -0.738. The van der Waals surface area contributed by atoms with Gasteiger partial charge in [-0.2, -0.15) is 10.1 Å². The molecular formula is C12H16Cl3N5O. The summed E-state index contributed by atoms with van der Waals surface area (Å²) in [6.45, 7) is 3.86. The monoisotopic (exact) mass is 351 g/mol. The van der Waals surface area contributed by atoms with Crippen LogP contribution in [0.3, 0.4) is 0 Å². The second kappa shape index (κ2) is 6.70. The molecule has 0 atom stereocenters. The molecule has 0 saturated carbocycles. The molecule has 0 unspecified atom stereocenters. The third-order valence-electron chi connectivity index (χ3n) is 2.60. The van der Waals surface area contributed by atoms with Crippen LogP contribution in [-0.4, -0.2) is 22.6 Å². The highest BCUT2D eigenvalue weighted by molar-refractivity contribution is 6.34. The van der Waals surface area contributed by atoms with Crippen molar-refractivity contribution in [1.29, 1.82) is 0 Å². The number of rotatable bonds is 3. The lowest BCUT2D eigenvalue weighted by Crippen LogP contribution is -2.53. The fourth-order valence-electron chi connectivity index (χ4n) is 1.85. The van der Waals surface area contributed by atoms with Gasteiger partial charge in [0.15, 0.2) is 5.66 Å². The van der Waals surface area contributed by atoms with Gasteiger partial charge in [0.05, 0.1) is 0 Å². The quantitative estimate of drug-likeness (QED) is 0.874. The van der Waals surface area contributed by atoms with Crippen LogP contribution in [0.15, 0.2) is 28.2 Å². The summed E-state index contributed by atoms with van der Waals surface area (Å²) < 4.78 is 0. The number of hydrogen-bond acceptors (Lipinski definition) is 6. The van der Waals surface area contributed by atoms with E-state index in [1.54, 1.807) is 18.2 Å². The lowest BCUT2D eigenvalue weighted by atomic mass is 10.2. The van der Waals surface area contributed by atoms with Crippen LogP contribution >= 0.6 is 35.6 Å². The molecule has 9 heteroatoms. The Balaban J connectivity index is 0.00000220. The fraction of sp³-hybridized carbons (Fsp3) is 0.333. The van der Waals surface area contributed by atoms with Crippen molar-refractivity contribution in [2.45, 2.75) is 26.1 Å². The van der Waals surface area contributed by atoms with Crippen molar-refractivity contribution >= 4 is 47.5 Å². The van der Waals surface area contributed by atoms with Gasteiger partial charge in [0.2, 0.25) is 11.9 Å². The molecule has 0 saturated heterocycles. The molecule has 1 aliphatic heterocycles. The van der Waals surface area contributed by atoms with E-state index in [2.05, 4.69) is 9.98 Å². The highest BCUT2D eigenvalue weighted by atomic mass is 35.5. The van der Waals surface area contributed by atoms with Gasteiger partial charge in [-0.1, -0.05) is 23.2 Å². The standard InChI is InChI=1S/C12H15Cl2N5O.ClH/c1-12(2)18-10(15)17-11(16)19(12)20-6-7-3-8(13)5-9(14)4-7;/h3-5H,6H2,1-2H3,(H4,15,16,17,18);1H. The number of nitrogens with zero attached hydrogens (tertiary/aromatic N) is 3. The number of hydrogen-bond donors (Lipinski definition) is 2. The zero-order chi connectivity index (χ0) is 14.9. The number of guanidine groups is 2. The molecule has 1 aromatic carbocycles. The third kappa shape index (κ3) is 4.38. The van der Waals surface area contributed by atoms with Crippen LogP contribution in [0.5, 0.6) is 0 Å². The Hall–Kier alpha value is -1.21. The van der Waals surface area contributed by atoms with Gasteiger partial charge in [0.1, 0.15) is 6.61 Å². The third-order valence-corrected chi connectivity index (χ3v) is 3.04. The average Bonchev–Trinajstić information content (AvgIpc) is 2.24. The van der Waals surface area contributed by atoms with E-state index >= 15 is 0 Å². The lowest BCUT2D eigenvalue weighted by molar-refractivity contribution is -0.166. The molecule has 1 aliphatic rings. The van der Waals surface area contributed by atoms with E-state index in [1.807, 2.05) is 13.8 Å². The Labute approximate surface area is 139 Å². The Morgan fingerprint density at radius 3 is 2.29 bits per heavy atom. The van der Waals surface area contributed by atoms with Gasteiger partial charge in [-0.15, -0.1) is 12.4 Å². The first-order chi connectivity index (χ1) is 9.28. The van der Waals surface area contributed by atoms with Gasteiger partial charge >= 0.3 is 0 Å². The van der Waals surface area contributed by atoms with E-state index in [1.165, 1.54) is 5.06 Å². The van der Waals surface area contributed by atoms with Gasteiger partial charge in [-0.3, -0.25) is 4.84 Å². The molecule has 21 heavy (non-hydrogen) atoms. The minimum Gasteiger partial charge on any atom is -0.368 e. The molecule has 0 spiro atoms. The smallest absolute Gasteiger partial charge is 0.226 e. The maximum Gasteiger partial charge on any atom is 0.226 e. The molecule has 0 aliphatic carbocycles. The normalized spacial score (nSPS) is 16.9. The summed E-state index contributed by atoms with van der Waals surface area (Å²) in [5.74, 6) is 0.272. The Morgan fingerprint density at radius 2 is 1.76 bits per heavy atom. The maximum atomic E-state index is 5.94. The van der Waals surface area contributed by atoms with Crippen molar-refractivity contribution in [2.24, 2.45) is 21.5 Å². The highest BCUT2D eigenvalue weighted by Crippen LogP contribution is 2.23. The molecular weight excluding hydrogens is 337 g/mol. The summed E-state index contributed by atoms with van der Waals surface area (Å²) >= 11 is 11.9. The van der Waals surface area contributed by atoms with Crippen molar-refractivity contribution in [3.8, 4) is 0 Å². The predicted molar refractivity (Wildman–Crippen MR) is 87.7 cm³/mol. The number of hydroxylamine groups is 2. The van der Waals surface area contributed by atoms with Gasteiger partial charge < -0.3 is 11.5 Å². The number of nitrogens with two attached hydrogens (primary N) is 2. The molecule has 0 amide bonds. The molecule has 0 radical (unpaired) electrons. The zero-order valence-corrected chi connectivity index (χ0v) is 13.8. The maximum absolute atomic E-state index is 5.94. The Kier molecular flexibility index (Phi) is 5.69. The summed E-state index contributed by atoms with van der Waals surface area (Å²) in [4.78, 5) is 13.7. The number of halogens is 3. The van der Waals surface area contributed by atoms with E-state index in [0.29, 0.717) is 10.0 Å². The van der Waals surface area contributed by atoms with Crippen LogP contribution in [-0.2, 0) is 11.4 Å². The molecule has 0 fully saturated rings. The second-order valence-electron chi connectivity index (χ2n) is 4.78. The van der Waals surface area contributed by atoms with Crippen molar-refractivity contribution in [2.75, 3.05) is 0 Å². The van der Waals surface area contributed by atoms with Crippen LogP contribution in [0, 0.1) is 0 Å². The molecule has 1 aromatic rings. The Bertz CT molecular complexity index is 568. The SMILES string of the molecule is CC1(C)N=C(N)N=C(N)N1OCc1cc(Cl)cc(Cl)c1.Cl. The first kappa shape index (κ1) is 17.8. The predicted octanol–water partition coefficient (Wildman–Crippen LogP) is 2.53. The van der Waals surface area contributed by atoms with Crippen LogP contribution < -0.4 is 11.5 Å². The summed E-state index contributed by atoms with van der Waals surface area (Å²) in [5.41, 5.74) is 11.5. The average molecular weight is 353 g/mol. The molecule has 6 nitrogen and oxygen atoms in total. The number of aliphatic imine (C=N–C) groups is 2. The van der Waals surface area contributed by atoms with Crippen LogP contribution in [0.2, 0.25) is 10.0 Å². The summed E-state index contributed by atoms with van der Waals surface area (Å²) in [6.07, 6.45) is 0. The van der Waals surface area contributed by atoms with Crippen molar-refractivity contribution in [3.05, 3.63) is 33.8 Å². The lowest BCUT2D eigenvalue weighted by Gasteiger charge is -2.36. The topological polar surface area (TPSA) is 89.2 Å². The summed E-state index contributed by atoms with van der Waals surface area (Å²) in [6, 6.07) is 5.17. The van der Waals surface area contributed by atoms with Gasteiger partial charge in [0, 0.05) is 10.0 Å². The molecule has 4 N–H and O–H groups in total. The molecule has 0 bridgehead atoms. The van der Waals surface area contributed by atoms with E-state index in [-0.39, 0.29) is 30.9 Å². The zero-order valence-electron chi connectivity index (χ0n) is 11.5. The first-order valence-corrected chi connectivity index (χ1v) is 6.61. The second-order valence-corrected chi connectivity index (χ2v) is 5.65. The molecule has 1 heterocycles. The van der Waals surface area contributed by atoms with Gasteiger partial charge in [-0.05, 0) is 37.6 Å². The number of benzene rings is 1. The van der Waals surface area contributed by atoms with Gasteiger partial charge in [-0.25, -0.2) is 4.99 Å². The molecule has 0 aromatic heterocycles. The van der Waals surface area contributed by atoms with E-state index in [4.69, 9.17) is 39.5 Å². The largest absolute Gasteiger partial charge is 0.368 e. The molecule has 116 valence electrons. The van der Waals surface area contributed by atoms with Crippen LogP contribution in [0.1, 0.15) is 19.4 Å². The van der Waals surface area contributed by atoms with Crippen molar-refractivity contribution < 1.29 is 4.84 Å².